The number of carbonyl (C=O) groups excluding carboxylic acids is 1. The van der Waals surface area contributed by atoms with Gasteiger partial charge in [-0.25, -0.2) is 8.42 Å². The molecule has 1 aliphatic heterocycles. The third kappa shape index (κ3) is 4.92. The zero-order valence-corrected chi connectivity index (χ0v) is 19.0. The number of nitrogens with one attached hydrogen (secondary N) is 1. The topological polar surface area (TPSA) is 66.5 Å². The molecule has 0 aliphatic carbocycles. The average Bonchev–Trinajstić information content (AvgIpc) is 2.83. The van der Waals surface area contributed by atoms with Crippen LogP contribution in [0.15, 0.2) is 89.8 Å². The number of rotatable bonds is 6. The number of piperidine rings is 1. The van der Waals surface area contributed by atoms with Gasteiger partial charge in [-0.3, -0.25) is 4.79 Å². The van der Waals surface area contributed by atoms with Crippen LogP contribution in [0.3, 0.4) is 0 Å². The zero-order valence-electron chi connectivity index (χ0n) is 18.1. The molecule has 3 aromatic rings. The van der Waals surface area contributed by atoms with Gasteiger partial charge in [0.05, 0.1) is 16.9 Å². The summed E-state index contributed by atoms with van der Waals surface area (Å²) >= 11 is 0. The van der Waals surface area contributed by atoms with Crippen molar-refractivity contribution in [3.8, 4) is 0 Å². The van der Waals surface area contributed by atoms with E-state index in [9.17, 15) is 13.2 Å². The standard InChI is InChI=1S/C26H28N2O3S/c1-20-10-8-13-22(18-20)25(21-11-4-2-5-12-21)27-26(29)23-14-9-17-28(19-23)32(30,31)24-15-6-3-7-16-24/h2-8,10-13,15-16,18,23,25H,9,14,17,19H2,1H3,(H,27,29)/t23-,25-/m1/s1. The fourth-order valence-corrected chi connectivity index (χ4v) is 5.78. The maximum atomic E-state index is 13.3. The van der Waals surface area contributed by atoms with Crippen molar-refractivity contribution in [2.75, 3.05) is 13.1 Å². The molecule has 1 saturated heterocycles. The van der Waals surface area contributed by atoms with Gasteiger partial charge in [0.15, 0.2) is 0 Å². The second-order valence-corrected chi connectivity index (χ2v) is 10.2. The Hall–Kier alpha value is -2.96. The van der Waals surface area contributed by atoms with Gasteiger partial charge in [0, 0.05) is 13.1 Å². The lowest BCUT2D eigenvalue weighted by Crippen LogP contribution is -2.46. The number of aryl methyl sites for hydroxylation is 1. The van der Waals surface area contributed by atoms with E-state index >= 15 is 0 Å². The van der Waals surface area contributed by atoms with Crippen LogP contribution in [0.4, 0.5) is 0 Å². The van der Waals surface area contributed by atoms with Crippen molar-refractivity contribution in [3.63, 3.8) is 0 Å². The molecular formula is C26H28N2O3S. The molecule has 0 bridgehead atoms. The summed E-state index contributed by atoms with van der Waals surface area (Å²) in [6.07, 6.45) is 1.33. The molecule has 0 unspecified atom stereocenters. The molecule has 1 fully saturated rings. The van der Waals surface area contributed by atoms with Crippen LogP contribution in [-0.2, 0) is 14.8 Å². The second-order valence-electron chi connectivity index (χ2n) is 8.28. The third-order valence-corrected chi connectivity index (χ3v) is 7.81. The van der Waals surface area contributed by atoms with Crippen molar-refractivity contribution in [2.45, 2.75) is 30.7 Å². The SMILES string of the molecule is Cc1cccc([C@H](NC(=O)[C@@H]2CCCN(S(=O)(=O)c3ccccc3)C2)c2ccccc2)c1. The molecule has 2 atom stereocenters. The highest BCUT2D eigenvalue weighted by molar-refractivity contribution is 7.89. The van der Waals surface area contributed by atoms with Crippen LogP contribution in [0.2, 0.25) is 0 Å². The van der Waals surface area contributed by atoms with Crippen LogP contribution in [0.5, 0.6) is 0 Å². The molecule has 32 heavy (non-hydrogen) atoms. The number of amides is 1. The second kappa shape index (κ2) is 9.67. The van der Waals surface area contributed by atoms with E-state index < -0.39 is 15.9 Å². The van der Waals surface area contributed by atoms with Gasteiger partial charge in [-0.1, -0.05) is 78.4 Å². The maximum Gasteiger partial charge on any atom is 0.243 e. The molecule has 0 spiro atoms. The molecule has 5 nitrogen and oxygen atoms in total. The van der Waals surface area contributed by atoms with Crippen LogP contribution in [-0.4, -0.2) is 31.7 Å². The first-order valence-corrected chi connectivity index (χ1v) is 12.4. The summed E-state index contributed by atoms with van der Waals surface area (Å²) in [6.45, 7) is 2.65. The highest BCUT2D eigenvalue weighted by Gasteiger charge is 2.34. The summed E-state index contributed by atoms with van der Waals surface area (Å²) in [6, 6.07) is 26.1. The lowest BCUT2D eigenvalue weighted by atomic mass is 9.94. The third-order valence-electron chi connectivity index (χ3n) is 5.93. The van der Waals surface area contributed by atoms with E-state index in [0.717, 1.165) is 16.7 Å². The van der Waals surface area contributed by atoms with Crippen LogP contribution >= 0.6 is 0 Å². The average molecular weight is 449 g/mol. The van der Waals surface area contributed by atoms with E-state index in [1.165, 1.54) is 4.31 Å². The molecule has 1 aliphatic rings. The van der Waals surface area contributed by atoms with E-state index in [0.29, 0.717) is 19.4 Å². The smallest absolute Gasteiger partial charge is 0.243 e. The lowest BCUT2D eigenvalue weighted by molar-refractivity contribution is -0.126. The molecule has 0 saturated carbocycles. The van der Waals surface area contributed by atoms with Crippen molar-refractivity contribution in [1.29, 1.82) is 0 Å². The number of sulfonamides is 1. The predicted octanol–water partition coefficient (Wildman–Crippen LogP) is 4.30. The molecule has 3 aromatic carbocycles. The van der Waals surface area contributed by atoms with Gasteiger partial charge >= 0.3 is 0 Å². The van der Waals surface area contributed by atoms with Gasteiger partial charge in [-0.05, 0) is 43.0 Å². The van der Waals surface area contributed by atoms with Crippen LogP contribution < -0.4 is 5.32 Å². The Labute approximate surface area is 190 Å². The fraction of sp³-hybridized carbons (Fsp3) is 0.269. The monoisotopic (exact) mass is 448 g/mol. The summed E-state index contributed by atoms with van der Waals surface area (Å²) in [4.78, 5) is 13.6. The highest BCUT2D eigenvalue weighted by atomic mass is 32.2. The van der Waals surface area contributed by atoms with E-state index in [2.05, 4.69) is 11.4 Å². The van der Waals surface area contributed by atoms with E-state index in [4.69, 9.17) is 0 Å². The first kappa shape index (κ1) is 22.2. The molecule has 6 heteroatoms. The van der Waals surface area contributed by atoms with Crippen LogP contribution in [0, 0.1) is 12.8 Å². The Kier molecular flexibility index (Phi) is 6.72. The van der Waals surface area contributed by atoms with Gasteiger partial charge < -0.3 is 5.32 Å². The van der Waals surface area contributed by atoms with E-state index in [1.807, 2.05) is 55.5 Å². The van der Waals surface area contributed by atoms with Crippen molar-refractivity contribution in [2.24, 2.45) is 5.92 Å². The Morgan fingerprint density at radius 2 is 1.59 bits per heavy atom. The number of benzene rings is 3. The zero-order chi connectivity index (χ0) is 22.6. The molecule has 4 rings (SSSR count). The Morgan fingerprint density at radius 3 is 2.28 bits per heavy atom. The molecular weight excluding hydrogens is 420 g/mol. The molecule has 1 heterocycles. The Morgan fingerprint density at radius 1 is 0.938 bits per heavy atom. The summed E-state index contributed by atoms with van der Waals surface area (Å²) in [5, 5.41) is 3.20. The quantitative estimate of drug-likeness (QED) is 0.611. The van der Waals surface area contributed by atoms with Crippen molar-refractivity contribution in [3.05, 3.63) is 102 Å². The fourth-order valence-electron chi connectivity index (χ4n) is 4.23. The highest BCUT2D eigenvalue weighted by Crippen LogP contribution is 2.27. The largest absolute Gasteiger partial charge is 0.345 e. The minimum Gasteiger partial charge on any atom is -0.345 e. The summed E-state index contributed by atoms with van der Waals surface area (Å²) in [5.74, 6) is -0.508. The minimum absolute atomic E-state index is 0.117. The predicted molar refractivity (Wildman–Crippen MR) is 126 cm³/mol. The van der Waals surface area contributed by atoms with Gasteiger partial charge in [-0.15, -0.1) is 0 Å². The normalized spacial score (nSPS) is 18.1. The van der Waals surface area contributed by atoms with Crippen molar-refractivity contribution in [1.82, 2.24) is 9.62 Å². The van der Waals surface area contributed by atoms with Gasteiger partial charge in [-0.2, -0.15) is 4.31 Å². The minimum atomic E-state index is -3.61. The molecule has 1 N–H and O–H groups in total. The summed E-state index contributed by atoms with van der Waals surface area (Å²) in [7, 11) is -3.61. The van der Waals surface area contributed by atoms with Gasteiger partial charge in [0.25, 0.3) is 0 Å². The number of nitrogens with zero attached hydrogens (tertiary/aromatic N) is 1. The molecule has 166 valence electrons. The number of hydrogen-bond acceptors (Lipinski definition) is 3. The lowest BCUT2D eigenvalue weighted by Gasteiger charge is -2.32. The van der Waals surface area contributed by atoms with Crippen LogP contribution in [0.25, 0.3) is 0 Å². The van der Waals surface area contributed by atoms with Gasteiger partial charge in [0.2, 0.25) is 15.9 Å². The summed E-state index contributed by atoms with van der Waals surface area (Å²) < 4.78 is 27.5. The maximum absolute atomic E-state index is 13.3. The number of carbonyl (C=O) groups is 1. The van der Waals surface area contributed by atoms with Crippen molar-refractivity contribution < 1.29 is 13.2 Å². The summed E-state index contributed by atoms with van der Waals surface area (Å²) in [5.41, 5.74) is 3.13. The van der Waals surface area contributed by atoms with Crippen molar-refractivity contribution >= 4 is 15.9 Å². The van der Waals surface area contributed by atoms with E-state index in [1.54, 1.807) is 30.3 Å². The van der Waals surface area contributed by atoms with Crippen LogP contribution in [0.1, 0.15) is 35.6 Å². The number of hydrogen-bond donors (Lipinski definition) is 1. The Bertz CT molecular complexity index is 1160. The first-order chi connectivity index (χ1) is 15.4. The molecule has 0 aromatic heterocycles. The molecule has 0 radical (unpaired) electrons. The Balaban J connectivity index is 1.55. The van der Waals surface area contributed by atoms with E-state index in [-0.39, 0.29) is 23.4 Å². The van der Waals surface area contributed by atoms with Gasteiger partial charge in [0.1, 0.15) is 0 Å². The first-order valence-electron chi connectivity index (χ1n) is 10.9. The molecule has 1 amide bonds.